The zero-order valence-electron chi connectivity index (χ0n) is 19.8. The molecule has 5 nitrogen and oxygen atoms in total. The largest absolute Gasteiger partial charge is 0.340 e. The molecule has 0 bridgehead atoms. The third-order valence-electron chi connectivity index (χ3n) is 6.37. The van der Waals surface area contributed by atoms with Crippen molar-refractivity contribution in [3.63, 3.8) is 0 Å². The fraction of sp³-hybridized carbons (Fsp3) is 0.214. The van der Waals surface area contributed by atoms with E-state index < -0.39 is 5.82 Å². The minimum absolute atomic E-state index is 0.0365. The molecule has 1 amide bonds. The van der Waals surface area contributed by atoms with Crippen molar-refractivity contribution in [2.75, 3.05) is 11.9 Å². The SMILES string of the molecule is Cc1ccc(CCC(=O)N2CCn3c(nc(-c4ccc(F)cc4)c3Nc3ccc(Cl)c(F)c3)C2)cc1. The zero-order chi connectivity index (χ0) is 25.2. The van der Waals surface area contributed by atoms with Crippen molar-refractivity contribution in [2.45, 2.75) is 32.9 Å². The van der Waals surface area contributed by atoms with Crippen LogP contribution in [0.25, 0.3) is 11.3 Å². The average molecular weight is 507 g/mol. The fourth-order valence-corrected chi connectivity index (χ4v) is 4.47. The number of amides is 1. The number of rotatable bonds is 6. The predicted octanol–water partition coefficient (Wildman–Crippen LogP) is 6.51. The van der Waals surface area contributed by atoms with Crippen LogP contribution in [-0.2, 0) is 24.3 Å². The molecule has 1 aromatic heterocycles. The van der Waals surface area contributed by atoms with Crippen LogP contribution in [0.2, 0.25) is 5.02 Å². The van der Waals surface area contributed by atoms with E-state index in [1.54, 1.807) is 18.2 Å². The second-order valence-electron chi connectivity index (χ2n) is 8.94. The summed E-state index contributed by atoms with van der Waals surface area (Å²) in [7, 11) is 0. The molecule has 0 atom stereocenters. The summed E-state index contributed by atoms with van der Waals surface area (Å²) < 4.78 is 29.7. The van der Waals surface area contributed by atoms with Gasteiger partial charge in [-0.05, 0) is 61.4 Å². The van der Waals surface area contributed by atoms with Crippen LogP contribution in [0.15, 0.2) is 66.7 Å². The highest BCUT2D eigenvalue weighted by molar-refractivity contribution is 6.30. The Morgan fingerprint density at radius 2 is 1.78 bits per heavy atom. The molecular formula is C28H25ClF2N4O. The molecule has 0 spiro atoms. The molecule has 1 aliphatic heterocycles. The Bertz CT molecular complexity index is 1400. The van der Waals surface area contributed by atoms with E-state index >= 15 is 0 Å². The Hall–Kier alpha value is -3.71. The van der Waals surface area contributed by atoms with Crippen LogP contribution in [0, 0.1) is 18.6 Å². The quantitative estimate of drug-likeness (QED) is 0.324. The van der Waals surface area contributed by atoms with Crippen LogP contribution in [0.4, 0.5) is 20.3 Å². The maximum atomic E-state index is 14.1. The van der Waals surface area contributed by atoms with Gasteiger partial charge in [0.2, 0.25) is 5.91 Å². The van der Waals surface area contributed by atoms with Crippen molar-refractivity contribution in [1.29, 1.82) is 0 Å². The van der Waals surface area contributed by atoms with Crippen molar-refractivity contribution in [3.8, 4) is 11.3 Å². The lowest BCUT2D eigenvalue weighted by Crippen LogP contribution is -2.38. The maximum absolute atomic E-state index is 14.1. The summed E-state index contributed by atoms with van der Waals surface area (Å²) in [6.45, 7) is 3.45. The number of fused-ring (bicyclic) bond motifs is 1. The number of aromatic nitrogens is 2. The minimum Gasteiger partial charge on any atom is -0.340 e. The second-order valence-corrected chi connectivity index (χ2v) is 9.35. The number of hydrogen-bond acceptors (Lipinski definition) is 3. The summed E-state index contributed by atoms with van der Waals surface area (Å²) in [6.07, 6.45) is 1.10. The smallest absolute Gasteiger partial charge is 0.223 e. The highest BCUT2D eigenvalue weighted by atomic mass is 35.5. The zero-order valence-corrected chi connectivity index (χ0v) is 20.5. The van der Waals surface area contributed by atoms with Crippen molar-refractivity contribution < 1.29 is 13.6 Å². The van der Waals surface area contributed by atoms with Crippen LogP contribution >= 0.6 is 11.6 Å². The molecule has 3 aromatic carbocycles. The van der Waals surface area contributed by atoms with Crippen molar-refractivity contribution in [3.05, 3.63) is 100 Å². The van der Waals surface area contributed by atoms with Crippen LogP contribution in [0.5, 0.6) is 0 Å². The van der Waals surface area contributed by atoms with Gasteiger partial charge in [-0.2, -0.15) is 0 Å². The van der Waals surface area contributed by atoms with Crippen LogP contribution in [-0.4, -0.2) is 26.9 Å². The standard InChI is InChI=1S/C28H25ClF2N4O/c1-18-2-4-19(5-3-18)6-13-26(36)34-14-15-35-25(17-34)33-27(20-7-9-21(30)10-8-20)28(35)32-22-11-12-23(29)24(31)16-22/h2-5,7-12,16,32H,6,13-15,17H2,1H3. The number of nitrogens with zero attached hydrogens (tertiary/aromatic N) is 3. The van der Waals surface area contributed by atoms with Crippen molar-refractivity contribution in [1.82, 2.24) is 14.5 Å². The number of hydrogen-bond donors (Lipinski definition) is 1. The topological polar surface area (TPSA) is 50.2 Å². The van der Waals surface area contributed by atoms with Crippen LogP contribution in [0.1, 0.15) is 23.4 Å². The number of halogens is 3. The molecule has 0 unspecified atom stereocenters. The molecule has 2 heterocycles. The van der Waals surface area contributed by atoms with E-state index in [1.165, 1.54) is 29.8 Å². The lowest BCUT2D eigenvalue weighted by molar-refractivity contribution is -0.132. The number of carbonyl (C=O) groups is 1. The van der Waals surface area contributed by atoms with E-state index in [0.29, 0.717) is 61.1 Å². The Labute approximate surface area is 213 Å². The minimum atomic E-state index is -0.534. The summed E-state index contributed by atoms with van der Waals surface area (Å²) in [5.41, 5.74) is 4.16. The van der Waals surface area contributed by atoms with Gasteiger partial charge in [-0.3, -0.25) is 4.79 Å². The van der Waals surface area contributed by atoms with E-state index in [0.717, 1.165) is 5.56 Å². The number of carbonyl (C=O) groups excluding carboxylic acids is 1. The lowest BCUT2D eigenvalue weighted by atomic mass is 10.1. The second kappa shape index (κ2) is 10.1. The molecule has 0 saturated heterocycles. The van der Waals surface area contributed by atoms with Crippen molar-refractivity contribution in [2.24, 2.45) is 0 Å². The highest BCUT2D eigenvalue weighted by Gasteiger charge is 2.27. The summed E-state index contributed by atoms with van der Waals surface area (Å²) in [5, 5.41) is 3.30. The first-order valence-electron chi connectivity index (χ1n) is 11.8. The molecule has 184 valence electrons. The molecule has 1 aliphatic rings. The summed E-state index contributed by atoms with van der Waals surface area (Å²) in [6, 6.07) is 18.8. The molecule has 0 saturated carbocycles. The van der Waals surface area contributed by atoms with E-state index in [4.69, 9.17) is 16.6 Å². The van der Waals surface area contributed by atoms with Crippen LogP contribution in [0.3, 0.4) is 0 Å². The number of benzene rings is 3. The Balaban J connectivity index is 1.40. The van der Waals surface area contributed by atoms with Gasteiger partial charge >= 0.3 is 0 Å². The van der Waals surface area contributed by atoms with Gasteiger partial charge in [0.15, 0.2) is 0 Å². The number of aryl methyl sites for hydroxylation is 2. The molecule has 0 radical (unpaired) electrons. The number of nitrogens with one attached hydrogen (secondary N) is 1. The van der Waals surface area contributed by atoms with Gasteiger partial charge in [0.25, 0.3) is 0 Å². The molecule has 36 heavy (non-hydrogen) atoms. The third-order valence-corrected chi connectivity index (χ3v) is 6.68. The van der Waals surface area contributed by atoms with E-state index in [-0.39, 0.29) is 16.7 Å². The first-order valence-corrected chi connectivity index (χ1v) is 12.2. The summed E-state index contributed by atoms with van der Waals surface area (Å²) in [4.78, 5) is 19.6. The van der Waals surface area contributed by atoms with E-state index in [9.17, 15) is 13.6 Å². The van der Waals surface area contributed by atoms with E-state index in [2.05, 4.69) is 29.6 Å². The number of imidazole rings is 1. The molecule has 0 fully saturated rings. The lowest BCUT2D eigenvalue weighted by Gasteiger charge is -2.28. The summed E-state index contributed by atoms with van der Waals surface area (Å²) >= 11 is 5.84. The Kier molecular flexibility index (Phi) is 6.74. The van der Waals surface area contributed by atoms with Gasteiger partial charge in [-0.1, -0.05) is 41.4 Å². The Morgan fingerprint density at radius 1 is 1.03 bits per heavy atom. The molecule has 5 rings (SSSR count). The normalized spacial score (nSPS) is 12.9. The van der Waals surface area contributed by atoms with Gasteiger partial charge in [0, 0.05) is 30.8 Å². The van der Waals surface area contributed by atoms with Gasteiger partial charge in [-0.25, -0.2) is 13.8 Å². The Morgan fingerprint density at radius 3 is 2.50 bits per heavy atom. The predicted molar refractivity (Wildman–Crippen MR) is 137 cm³/mol. The molecule has 8 heteroatoms. The molecule has 4 aromatic rings. The first-order chi connectivity index (χ1) is 17.4. The van der Waals surface area contributed by atoms with Gasteiger partial charge < -0.3 is 14.8 Å². The third kappa shape index (κ3) is 5.11. The highest BCUT2D eigenvalue weighted by Crippen LogP contribution is 2.34. The maximum Gasteiger partial charge on any atom is 0.223 e. The van der Waals surface area contributed by atoms with Crippen LogP contribution < -0.4 is 5.32 Å². The van der Waals surface area contributed by atoms with Gasteiger partial charge in [-0.15, -0.1) is 0 Å². The van der Waals surface area contributed by atoms with Gasteiger partial charge in [0.05, 0.1) is 11.6 Å². The molecule has 1 N–H and O–H groups in total. The fourth-order valence-electron chi connectivity index (χ4n) is 4.35. The molecular weight excluding hydrogens is 482 g/mol. The first kappa shape index (κ1) is 24.0. The van der Waals surface area contributed by atoms with Gasteiger partial charge in [0.1, 0.15) is 29.0 Å². The molecule has 0 aliphatic carbocycles. The average Bonchev–Trinajstić information content (AvgIpc) is 3.23. The monoisotopic (exact) mass is 506 g/mol. The number of anilines is 2. The summed E-state index contributed by atoms with van der Waals surface area (Å²) in [5.74, 6) is 0.560. The van der Waals surface area contributed by atoms with Crippen molar-refractivity contribution >= 4 is 29.0 Å². The van der Waals surface area contributed by atoms with E-state index in [1.807, 2.05) is 16.4 Å².